The van der Waals surface area contributed by atoms with E-state index < -0.39 is 11.6 Å². The molecule has 94 valence electrons. The van der Waals surface area contributed by atoms with Crippen molar-refractivity contribution in [1.29, 1.82) is 0 Å². The van der Waals surface area contributed by atoms with E-state index in [2.05, 4.69) is 0 Å². The van der Waals surface area contributed by atoms with E-state index in [1.54, 1.807) is 0 Å². The van der Waals surface area contributed by atoms with Crippen molar-refractivity contribution in [3.63, 3.8) is 0 Å². The molecule has 1 unspecified atom stereocenters. The summed E-state index contributed by atoms with van der Waals surface area (Å²) in [4.78, 5) is 13.6. The second kappa shape index (κ2) is 5.12. The molecule has 0 bridgehead atoms. The number of hydrogen-bond donors (Lipinski definition) is 2. The summed E-state index contributed by atoms with van der Waals surface area (Å²) in [5, 5.41) is 9.34. The van der Waals surface area contributed by atoms with Gasteiger partial charge in [-0.2, -0.15) is 0 Å². The Morgan fingerprint density at radius 1 is 1.62 bits per heavy atom. The molecule has 3 N–H and O–H groups in total. The van der Waals surface area contributed by atoms with E-state index >= 15 is 0 Å². The molecule has 1 rings (SSSR count). The number of rotatable bonds is 3. The zero-order chi connectivity index (χ0) is 12.3. The summed E-state index contributed by atoms with van der Waals surface area (Å²) >= 11 is 0. The predicted octanol–water partition coefficient (Wildman–Crippen LogP) is -0.278. The predicted molar refractivity (Wildman–Crippen MR) is 60.9 cm³/mol. The van der Waals surface area contributed by atoms with Crippen LogP contribution in [0.1, 0.15) is 27.2 Å². The fourth-order valence-electron chi connectivity index (χ4n) is 1.71. The Bertz CT molecular complexity index is 250. The van der Waals surface area contributed by atoms with E-state index in [4.69, 9.17) is 10.5 Å². The van der Waals surface area contributed by atoms with Gasteiger partial charge in [-0.25, -0.2) is 0 Å². The first-order chi connectivity index (χ1) is 7.28. The first kappa shape index (κ1) is 13.4. The number of hydrogen-bond acceptors (Lipinski definition) is 5. The standard InChI is InChI=1S/C11H22N2O3/c1-11(2,3)16-10(15)9(12)7-13-5-4-8(14)6-13/h8-9,14H,4-7,12H2,1-3H3/t8-,9?/m0/s1. The van der Waals surface area contributed by atoms with E-state index in [-0.39, 0.29) is 12.1 Å². The molecule has 0 aromatic rings. The number of nitrogens with two attached hydrogens (primary N) is 1. The Morgan fingerprint density at radius 2 is 2.25 bits per heavy atom. The Labute approximate surface area is 96.6 Å². The summed E-state index contributed by atoms with van der Waals surface area (Å²) in [6.45, 7) is 7.28. The molecule has 0 aliphatic carbocycles. The molecule has 2 atom stereocenters. The van der Waals surface area contributed by atoms with Crippen molar-refractivity contribution in [3.8, 4) is 0 Å². The lowest BCUT2D eigenvalue weighted by molar-refractivity contribution is -0.156. The van der Waals surface area contributed by atoms with Crippen LogP contribution < -0.4 is 5.73 Å². The molecular formula is C11H22N2O3. The van der Waals surface area contributed by atoms with Gasteiger partial charge >= 0.3 is 5.97 Å². The minimum atomic E-state index is -0.635. The molecule has 5 heteroatoms. The molecule has 0 aromatic heterocycles. The molecule has 16 heavy (non-hydrogen) atoms. The van der Waals surface area contributed by atoms with E-state index in [0.29, 0.717) is 13.1 Å². The highest BCUT2D eigenvalue weighted by molar-refractivity contribution is 5.76. The number of nitrogens with zero attached hydrogens (tertiary/aromatic N) is 1. The van der Waals surface area contributed by atoms with Crippen molar-refractivity contribution in [2.75, 3.05) is 19.6 Å². The number of ether oxygens (including phenoxy) is 1. The third-order valence-electron chi connectivity index (χ3n) is 2.41. The van der Waals surface area contributed by atoms with Gasteiger partial charge in [-0.15, -0.1) is 0 Å². The van der Waals surface area contributed by atoms with Crippen LogP contribution in [0.2, 0.25) is 0 Å². The average molecular weight is 230 g/mol. The number of carbonyl (C=O) groups is 1. The summed E-state index contributed by atoms with van der Waals surface area (Å²) in [6.07, 6.45) is 0.465. The highest BCUT2D eigenvalue weighted by Gasteiger charge is 2.27. The van der Waals surface area contributed by atoms with Gasteiger partial charge in [0.25, 0.3) is 0 Å². The van der Waals surface area contributed by atoms with Gasteiger partial charge in [0.1, 0.15) is 11.6 Å². The largest absolute Gasteiger partial charge is 0.459 e. The molecule has 1 fully saturated rings. The van der Waals surface area contributed by atoms with Crippen LogP contribution in [0.3, 0.4) is 0 Å². The lowest BCUT2D eigenvalue weighted by Crippen LogP contribution is -2.45. The second-order valence-corrected chi connectivity index (χ2v) is 5.34. The van der Waals surface area contributed by atoms with Gasteiger partial charge in [-0.1, -0.05) is 0 Å². The van der Waals surface area contributed by atoms with Gasteiger partial charge in [0.2, 0.25) is 0 Å². The SMILES string of the molecule is CC(C)(C)OC(=O)C(N)CN1CC[C@H](O)C1. The van der Waals surface area contributed by atoms with Crippen LogP contribution in [-0.2, 0) is 9.53 Å². The Kier molecular flexibility index (Phi) is 4.29. The van der Waals surface area contributed by atoms with Crippen LogP contribution in [0.4, 0.5) is 0 Å². The van der Waals surface area contributed by atoms with E-state index in [9.17, 15) is 9.90 Å². The maximum Gasteiger partial charge on any atom is 0.324 e. The van der Waals surface area contributed by atoms with Crippen molar-refractivity contribution in [3.05, 3.63) is 0 Å². The minimum Gasteiger partial charge on any atom is -0.459 e. The Hall–Kier alpha value is -0.650. The molecule has 0 aromatic carbocycles. The topological polar surface area (TPSA) is 75.8 Å². The number of aliphatic hydroxyl groups excluding tert-OH is 1. The van der Waals surface area contributed by atoms with Crippen molar-refractivity contribution >= 4 is 5.97 Å². The second-order valence-electron chi connectivity index (χ2n) is 5.34. The normalized spacial score (nSPS) is 24.4. The summed E-state index contributed by atoms with van der Waals surface area (Å²) in [7, 11) is 0. The van der Waals surface area contributed by atoms with Gasteiger partial charge in [0.15, 0.2) is 0 Å². The smallest absolute Gasteiger partial charge is 0.324 e. The maximum atomic E-state index is 11.6. The van der Waals surface area contributed by atoms with Gasteiger partial charge in [0, 0.05) is 19.6 Å². The highest BCUT2D eigenvalue weighted by Crippen LogP contribution is 2.11. The minimum absolute atomic E-state index is 0.286. The lowest BCUT2D eigenvalue weighted by Gasteiger charge is -2.24. The summed E-state index contributed by atoms with van der Waals surface area (Å²) in [5.41, 5.74) is 5.25. The molecule has 0 spiro atoms. The van der Waals surface area contributed by atoms with Gasteiger partial charge in [-0.05, 0) is 27.2 Å². The van der Waals surface area contributed by atoms with E-state index in [1.807, 2.05) is 25.7 Å². The highest BCUT2D eigenvalue weighted by atomic mass is 16.6. The number of likely N-dealkylation sites (tertiary alicyclic amines) is 1. The molecule has 0 radical (unpaired) electrons. The molecule has 0 saturated carbocycles. The number of β-amino-alcohol motifs (C(OH)–C–C–N with tert-alkyl or cyclic N) is 1. The molecule has 1 aliphatic rings. The van der Waals surface area contributed by atoms with E-state index in [1.165, 1.54) is 0 Å². The van der Waals surface area contributed by atoms with Crippen molar-refractivity contribution in [1.82, 2.24) is 4.90 Å². The first-order valence-corrected chi connectivity index (χ1v) is 5.67. The third kappa shape index (κ3) is 4.47. The number of carbonyl (C=O) groups excluding carboxylic acids is 1. The summed E-state index contributed by atoms with van der Waals surface area (Å²) in [5.74, 6) is -0.381. The fourth-order valence-corrected chi connectivity index (χ4v) is 1.71. The zero-order valence-corrected chi connectivity index (χ0v) is 10.3. The summed E-state index contributed by atoms with van der Waals surface area (Å²) < 4.78 is 5.18. The van der Waals surface area contributed by atoms with Crippen LogP contribution in [0.5, 0.6) is 0 Å². The van der Waals surface area contributed by atoms with Gasteiger partial charge in [0.05, 0.1) is 6.10 Å². The van der Waals surface area contributed by atoms with Crippen LogP contribution in [0, 0.1) is 0 Å². The van der Waals surface area contributed by atoms with Crippen molar-refractivity contribution in [2.45, 2.75) is 44.9 Å². The Balaban J connectivity index is 2.34. The van der Waals surface area contributed by atoms with E-state index in [0.717, 1.165) is 13.0 Å². The van der Waals surface area contributed by atoms with Gasteiger partial charge in [-0.3, -0.25) is 9.69 Å². The fraction of sp³-hybridized carbons (Fsp3) is 0.909. The summed E-state index contributed by atoms with van der Waals surface area (Å²) in [6, 6.07) is -0.635. The van der Waals surface area contributed by atoms with Crippen LogP contribution in [0.15, 0.2) is 0 Å². The average Bonchev–Trinajstić information content (AvgIpc) is 2.48. The van der Waals surface area contributed by atoms with Crippen molar-refractivity contribution < 1.29 is 14.6 Å². The van der Waals surface area contributed by atoms with Crippen molar-refractivity contribution in [2.24, 2.45) is 5.73 Å². The number of esters is 1. The van der Waals surface area contributed by atoms with Crippen LogP contribution in [-0.4, -0.2) is 53.4 Å². The Morgan fingerprint density at radius 3 is 2.69 bits per heavy atom. The molecule has 5 nitrogen and oxygen atoms in total. The molecular weight excluding hydrogens is 208 g/mol. The van der Waals surface area contributed by atoms with Crippen LogP contribution in [0.25, 0.3) is 0 Å². The first-order valence-electron chi connectivity index (χ1n) is 5.67. The maximum absolute atomic E-state index is 11.6. The lowest BCUT2D eigenvalue weighted by atomic mass is 10.2. The molecule has 0 amide bonds. The molecule has 1 heterocycles. The number of aliphatic hydroxyl groups is 1. The van der Waals surface area contributed by atoms with Crippen LogP contribution >= 0.6 is 0 Å². The van der Waals surface area contributed by atoms with Gasteiger partial charge < -0.3 is 15.6 Å². The molecule has 1 aliphatic heterocycles. The quantitative estimate of drug-likeness (QED) is 0.652. The molecule has 1 saturated heterocycles. The third-order valence-corrected chi connectivity index (χ3v) is 2.41. The monoisotopic (exact) mass is 230 g/mol. The zero-order valence-electron chi connectivity index (χ0n) is 10.3.